The van der Waals surface area contributed by atoms with Crippen LogP contribution in [-0.4, -0.2) is 50.5 Å². The molecule has 0 fully saturated rings. The summed E-state index contributed by atoms with van der Waals surface area (Å²) in [5.41, 5.74) is 12.5. The zero-order chi connectivity index (χ0) is 27.8. The van der Waals surface area contributed by atoms with Crippen molar-refractivity contribution >= 4 is 59.0 Å². The molecule has 0 amide bonds. The van der Waals surface area contributed by atoms with Gasteiger partial charge in [0.1, 0.15) is 9.79 Å². The Morgan fingerprint density at radius 2 is 1.16 bits per heavy atom. The van der Waals surface area contributed by atoms with E-state index >= 15 is 0 Å². The molecule has 1 aliphatic carbocycles. The van der Waals surface area contributed by atoms with Crippen molar-refractivity contribution in [3.05, 3.63) is 58.7 Å². The quantitative estimate of drug-likeness (QED) is 0.145. The number of fused-ring (bicyclic) bond motifs is 2. The predicted octanol–water partition coefficient (Wildman–Crippen LogP) is 0.616. The molecule has 1 aliphatic rings. The average molecular weight is 570 g/mol. The second-order valence-electron chi connectivity index (χ2n) is 7.82. The fraction of sp³-hybridized carbons (Fsp3) is 0. The van der Waals surface area contributed by atoms with E-state index in [1.54, 1.807) is 0 Å². The van der Waals surface area contributed by atoms with Gasteiger partial charge in [-0.15, -0.1) is 0 Å². The van der Waals surface area contributed by atoms with Crippen LogP contribution >= 0.6 is 0 Å². The van der Waals surface area contributed by atoms with E-state index in [1.165, 1.54) is 0 Å². The van der Waals surface area contributed by atoms with Crippen molar-refractivity contribution in [3.8, 4) is 11.1 Å². The van der Waals surface area contributed by atoms with Crippen molar-refractivity contribution < 1.29 is 48.5 Å². The van der Waals surface area contributed by atoms with Crippen LogP contribution in [0.15, 0.2) is 51.1 Å². The number of hydrogen-bond acceptors (Lipinski definition) is 11. The van der Waals surface area contributed by atoms with E-state index < -0.39 is 95.9 Å². The monoisotopic (exact) mass is 569 g/mol. The molecule has 14 nitrogen and oxygen atoms in total. The summed E-state index contributed by atoms with van der Waals surface area (Å²) in [5.74, 6) is -2.11. The maximum Gasteiger partial charge on any atom is 0.298 e. The first-order valence-corrected chi connectivity index (χ1v) is 14.0. The van der Waals surface area contributed by atoms with Gasteiger partial charge in [0.05, 0.1) is 27.5 Å². The van der Waals surface area contributed by atoms with Crippen LogP contribution in [0.3, 0.4) is 0 Å². The second kappa shape index (κ2) is 8.07. The molecule has 37 heavy (non-hydrogen) atoms. The highest BCUT2D eigenvalue weighted by Gasteiger charge is 2.39. The van der Waals surface area contributed by atoms with E-state index in [9.17, 15) is 48.5 Å². The lowest BCUT2D eigenvalue weighted by molar-refractivity contribution is 0.0979. The molecule has 3 aromatic rings. The van der Waals surface area contributed by atoms with Crippen LogP contribution < -0.4 is 17.2 Å². The van der Waals surface area contributed by atoms with Crippen LogP contribution in [-0.2, 0) is 30.4 Å². The van der Waals surface area contributed by atoms with Gasteiger partial charge in [0, 0.05) is 22.3 Å². The molecule has 0 radical (unpaired) electrons. The minimum Gasteiger partial charge on any atom is -0.398 e. The van der Waals surface area contributed by atoms with E-state index in [0.29, 0.717) is 6.07 Å². The van der Waals surface area contributed by atoms with Crippen molar-refractivity contribution in [2.24, 2.45) is 0 Å². The van der Waals surface area contributed by atoms with Crippen LogP contribution in [0.5, 0.6) is 0 Å². The molecular formula is C20H15N3O11S3. The van der Waals surface area contributed by atoms with Crippen LogP contribution in [0.2, 0.25) is 0 Å². The number of nitrogen functional groups attached to an aromatic ring is 3. The number of ketones is 2. The molecule has 0 heterocycles. The molecule has 0 saturated carbocycles. The third kappa shape index (κ3) is 4.12. The molecule has 0 aromatic heterocycles. The molecule has 0 spiro atoms. The summed E-state index contributed by atoms with van der Waals surface area (Å²) in [4.78, 5) is 24.3. The number of carbonyl (C=O) groups is 2. The number of benzene rings is 3. The van der Waals surface area contributed by atoms with Gasteiger partial charge in [0.15, 0.2) is 11.6 Å². The molecule has 0 bridgehead atoms. The predicted molar refractivity (Wildman–Crippen MR) is 128 cm³/mol. The maximum absolute atomic E-state index is 13.5. The first kappa shape index (κ1) is 26.2. The summed E-state index contributed by atoms with van der Waals surface area (Å²) >= 11 is 0. The smallest absolute Gasteiger partial charge is 0.298 e. The molecule has 0 aliphatic heterocycles. The summed E-state index contributed by atoms with van der Waals surface area (Å²) in [6.07, 6.45) is 0. The number of hydrogen-bond donors (Lipinski definition) is 6. The Morgan fingerprint density at radius 3 is 1.68 bits per heavy atom. The highest BCUT2D eigenvalue weighted by Crippen LogP contribution is 2.46. The topological polar surface area (TPSA) is 275 Å². The van der Waals surface area contributed by atoms with Gasteiger partial charge in [-0.3, -0.25) is 23.2 Å². The number of rotatable bonds is 4. The van der Waals surface area contributed by atoms with Gasteiger partial charge in [0.2, 0.25) is 0 Å². The Kier molecular flexibility index (Phi) is 5.71. The normalized spacial score (nSPS) is 13.8. The first-order chi connectivity index (χ1) is 16.9. The highest BCUT2D eigenvalue weighted by molar-refractivity contribution is 7.86. The van der Waals surface area contributed by atoms with Crippen LogP contribution in [0.1, 0.15) is 31.8 Å². The third-order valence-corrected chi connectivity index (χ3v) is 8.33. The standard InChI is InChI=1S/C20H15N3O11S3/c21-11-5-7(1-4-12(11)36(29,30)31)13-14-15(17(23)20(16(13)22)37(32,33)34)19(25)10-6-8(35(26,27)28)2-3-9(10)18(14)24/h1-6H,21-23H2,(H,26,27,28)(H,29,30,31)(H,32,33,34). The Bertz CT molecular complexity index is 1910. The van der Waals surface area contributed by atoms with Gasteiger partial charge in [-0.1, -0.05) is 6.07 Å². The molecule has 4 rings (SSSR count). The molecule has 9 N–H and O–H groups in total. The zero-order valence-corrected chi connectivity index (χ0v) is 20.5. The van der Waals surface area contributed by atoms with E-state index in [4.69, 9.17) is 17.2 Å². The minimum absolute atomic E-state index is 0.192. The Hall–Kier alpha value is -3.87. The summed E-state index contributed by atoms with van der Waals surface area (Å²) in [6, 6.07) is 5.23. The van der Waals surface area contributed by atoms with E-state index in [0.717, 1.165) is 30.3 Å². The SMILES string of the molecule is Nc1cc(-c2c(N)c(S(=O)(=O)O)c(N)c3c2C(=O)c2ccc(S(=O)(=O)O)cc2C3=O)ccc1S(=O)(=O)O. The fourth-order valence-electron chi connectivity index (χ4n) is 4.09. The summed E-state index contributed by atoms with van der Waals surface area (Å²) in [5, 5.41) is 0. The fourth-order valence-corrected chi connectivity index (χ4v) is 5.95. The lowest BCUT2D eigenvalue weighted by atomic mass is 9.79. The van der Waals surface area contributed by atoms with Gasteiger partial charge < -0.3 is 17.2 Å². The number of anilines is 3. The van der Waals surface area contributed by atoms with Crippen molar-refractivity contribution in [1.29, 1.82) is 0 Å². The highest BCUT2D eigenvalue weighted by atomic mass is 32.2. The van der Waals surface area contributed by atoms with Crippen LogP contribution in [0, 0.1) is 0 Å². The molecule has 0 saturated heterocycles. The van der Waals surface area contributed by atoms with E-state index in [2.05, 4.69) is 0 Å². The number of carbonyl (C=O) groups excluding carboxylic acids is 2. The summed E-state index contributed by atoms with van der Waals surface area (Å²) in [7, 11) is -14.8. The summed E-state index contributed by atoms with van der Waals surface area (Å²) < 4.78 is 98.9. The average Bonchev–Trinajstić information content (AvgIpc) is 2.74. The van der Waals surface area contributed by atoms with Gasteiger partial charge in [-0.05, 0) is 35.9 Å². The molecular weight excluding hydrogens is 554 g/mol. The molecule has 17 heteroatoms. The minimum atomic E-state index is -5.24. The zero-order valence-electron chi connectivity index (χ0n) is 18.0. The Labute approximate surface area is 208 Å². The summed E-state index contributed by atoms with van der Waals surface area (Å²) in [6.45, 7) is 0. The number of nitrogens with two attached hydrogens (primary N) is 3. The molecule has 3 aromatic carbocycles. The van der Waals surface area contributed by atoms with Crippen molar-refractivity contribution in [1.82, 2.24) is 0 Å². The molecule has 194 valence electrons. The maximum atomic E-state index is 13.5. The van der Waals surface area contributed by atoms with Gasteiger partial charge in [0.25, 0.3) is 30.4 Å². The molecule has 0 unspecified atom stereocenters. The molecule has 0 atom stereocenters. The first-order valence-electron chi connectivity index (χ1n) is 9.66. The lowest BCUT2D eigenvalue weighted by Crippen LogP contribution is -2.26. The Morgan fingerprint density at radius 1 is 0.595 bits per heavy atom. The third-order valence-electron chi connectivity index (χ3n) is 5.59. The van der Waals surface area contributed by atoms with Crippen LogP contribution in [0.4, 0.5) is 17.1 Å². The van der Waals surface area contributed by atoms with Crippen LogP contribution in [0.25, 0.3) is 11.1 Å². The van der Waals surface area contributed by atoms with E-state index in [-0.39, 0.29) is 11.1 Å². The van der Waals surface area contributed by atoms with Crippen molar-refractivity contribution in [2.75, 3.05) is 17.2 Å². The van der Waals surface area contributed by atoms with Crippen molar-refractivity contribution in [3.63, 3.8) is 0 Å². The van der Waals surface area contributed by atoms with Crippen molar-refractivity contribution in [2.45, 2.75) is 14.7 Å². The second-order valence-corrected chi connectivity index (χ2v) is 12.0. The van der Waals surface area contributed by atoms with Gasteiger partial charge in [-0.2, -0.15) is 25.3 Å². The van der Waals surface area contributed by atoms with Gasteiger partial charge >= 0.3 is 0 Å². The lowest BCUT2D eigenvalue weighted by Gasteiger charge is -2.25. The largest absolute Gasteiger partial charge is 0.398 e. The van der Waals surface area contributed by atoms with E-state index in [1.807, 2.05) is 0 Å². The Balaban J connectivity index is 2.17. The van der Waals surface area contributed by atoms with Gasteiger partial charge in [-0.25, -0.2) is 0 Å².